The van der Waals surface area contributed by atoms with Crippen LogP contribution < -0.4 is 21.2 Å². The summed E-state index contributed by atoms with van der Waals surface area (Å²) in [6.07, 6.45) is 13.6. The Balaban J connectivity index is 0.000000200. The van der Waals surface area contributed by atoms with Gasteiger partial charge in [-0.2, -0.15) is 0 Å². The van der Waals surface area contributed by atoms with Crippen LogP contribution in [0.1, 0.15) is 87.4 Å². The van der Waals surface area contributed by atoms with E-state index in [9.17, 15) is 0 Å². The number of rotatable bonds is 12. The van der Waals surface area contributed by atoms with Gasteiger partial charge in [0.15, 0.2) is 0 Å². The third kappa shape index (κ3) is 11.7. The van der Waals surface area contributed by atoms with E-state index in [1.54, 1.807) is 21.2 Å². The van der Waals surface area contributed by atoms with E-state index in [2.05, 4.69) is 192 Å². The van der Waals surface area contributed by atoms with Crippen LogP contribution in [-0.4, -0.2) is 47.3 Å². The average molecular weight is 913 g/mol. The van der Waals surface area contributed by atoms with Crippen molar-refractivity contribution in [2.24, 2.45) is 11.8 Å². The van der Waals surface area contributed by atoms with Crippen LogP contribution in [0.15, 0.2) is 182 Å². The molecule has 4 aliphatic rings. The van der Waals surface area contributed by atoms with Crippen LogP contribution in [0.4, 0.5) is 0 Å². The summed E-state index contributed by atoms with van der Waals surface area (Å²) >= 11 is 0. The fourth-order valence-electron chi connectivity index (χ4n) is 11.5. The normalized spacial score (nSPS) is 22.0. The Morgan fingerprint density at radius 1 is 0.333 bits per heavy atom. The molecular weight excluding hydrogens is 842 g/mol. The topological polar surface area (TPSA) is 6.48 Å². The van der Waals surface area contributed by atoms with Gasteiger partial charge in [-0.15, -0.1) is 0 Å². The van der Waals surface area contributed by atoms with Crippen molar-refractivity contribution in [3.05, 3.63) is 208 Å². The molecule has 6 atom stereocenters. The predicted molar refractivity (Wildman–Crippen MR) is 273 cm³/mol. The smallest absolute Gasteiger partial charge is 0.358 e. The molecule has 6 aromatic rings. The van der Waals surface area contributed by atoms with Crippen LogP contribution in [0, 0.1) is 26.7 Å². The van der Waals surface area contributed by atoms with E-state index < -0.39 is 0 Å². The molecule has 2 saturated carbocycles. The molecule has 10 rings (SSSR count). The Bertz CT molecular complexity index is 1900. The van der Waals surface area contributed by atoms with E-state index in [0.29, 0.717) is 12.1 Å². The first-order valence-electron chi connectivity index (χ1n) is 23.2. The summed E-state index contributed by atoms with van der Waals surface area (Å²) < 4.78 is 0. The van der Waals surface area contributed by atoms with Crippen molar-refractivity contribution in [3.63, 3.8) is 0 Å². The minimum atomic E-state index is -0.355. The van der Waals surface area contributed by atoms with Gasteiger partial charge >= 0.3 is 17.1 Å². The molecule has 2 nitrogen and oxygen atoms in total. The van der Waals surface area contributed by atoms with Gasteiger partial charge in [-0.3, -0.25) is 9.80 Å². The SMILES string of the molecule is [CH3-].[CH3-].[Fe+2].c1ccc([C@H](C2CCCC2P(c2ccccc2)c2ccccc2)N2CCCC2)cc1.c1ccc([C@H](C2CCCC2P(c2ccccc2)c2ccccc2)N2CCCC2)cc1. The van der Waals surface area contributed by atoms with Crippen LogP contribution in [0.2, 0.25) is 0 Å². The second kappa shape index (κ2) is 24.8. The van der Waals surface area contributed by atoms with Crippen molar-refractivity contribution < 1.29 is 17.1 Å². The maximum atomic E-state index is 2.81. The van der Waals surface area contributed by atoms with Crippen LogP contribution >= 0.6 is 15.8 Å². The van der Waals surface area contributed by atoms with Gasteiger partial charge < -0.3 is 14.9 Å². The Hall–Kier alpha value is -3.38. The molecular formula is C58H70FeN2P2. The molecule has 2 aliphatic carbocycles. The molecule has 330 valence electrons. The summed E-state index contributed by atoms with van der Waals surface area (Å²) in [5.41, 5.74) is 4.56. The van der Waals surface area contributed by atoms with Gasteiger partial charge in [0.2, 0.25) is 0 Å². The molecule has 5 heteroatoms. The largest absolute Gasteiger partial charge is 2.00 e. The number of hydrogen-bond donors (Lipinski definition) is 0. The van der Waals surface area contributed by atoms with E-state index >= 15 is 0 Å². The number of likely N-dealkylation sites (tertiary alicyclic amines) is 2. The third-order valence-electron chi connectivity index (χ3n) is 14.0. The molecule has 2 saturated heterocycles. The molecule has 0 spiro atoms. The van der Waals surface area contributed by atoms with Gasteiger partial charge in [0.05, 0.1) is 0 Å². The van der Waals surface area contributed by atoms with Gasteiger partial charge in [0, 0.05) is 12.1 Å². The van der Waals surface area contributed by atoms with Crippen LogP contribution in [0.3, 0.4) is 0 Å². The number of nitrogens with zero attached hydrogens (tertiary/aromatic N) is 2. The van der Waals surface area contributed by atoms with Gasteiger partial charge in [0.25, 0.3) is 0 Å². The summed E-state index contributed by atoms with van der Waals surface area (Å²) in [4.78, 5) is 5.61. The van der Waals surface area contributed by atoms with E-state index in [0.717, 1.165) is 23.2 Å². The summed E-state index contributed by atoms with van der Waals surface area (Å²) in [6.45, 7) is 5.05. The Morgan fingerprint density at radius 3 is 0.857 bits per heavy atom. The monoisotopic (exact) mass is 912 g/mol. The first-order chi connectivity index (χ1) is 29.8. The summed E-state index contributed by atoms with van der Waals surface area (Å²) in [5.74, 6) is 1.47. The van der Waals surface area contributed by atoms with Crippen molar-refractivity contribution in [2.75, 3.05) is 26.2 Å². The minimum absolute atomic E-state index is 0. The first-order valence-corrected chi connectivity index (χ1v) is 26.0. The van der Waals surface area contributed by atoms with Crippen molar-refractivity contribution in [1.29, 1.82) is 0 Å². The first kappa shape index (κ1) is 49.1. The molecule has 0 bridgehead atoms. The Morgan fingerprint density at radius 2 is 0.587 bits per heavy atom. The summed E-state index contributed by atoms with van der Waals surface area (Å²) in [5, 5.41) is 6.18. The van der Waals surface area contributed by atoms with Crippen molar-refractivity contribution in [1.82, 2.24) is 9.80 Å². The molecule has 6 aromatic carbocycles. The maximum Gasteiger partial charge on any atom is 2.00 e. The number of benzene rings is 6. The Kier molecular flexibility index (Phi) is 19.3. The van der Waals surface area contributed by atoms with Gasteiger partial charge in [-0.05, 0) is 149 Å². The second-order valence-electron chi connectivity index (χ2n) is 17.6. The zero-order valence-electron chi connectivity index (χ0n) is 37.8. The predicted octanol–water partition coefficient (Wildman–Crippen LogP) is 13.1. The summed E-state index contributed by atoms with van der Waals surface area (Å²) in [7, 11) is -0.710. The average Bonchev–Trinajstić information content (AvgIpc) is 4.19. The van der Waals surface area contributed by atoms with Crippen molar-refractivity contribution in [2.45, 2.75) is 87.6 Å². The number of hydrogen-bond acceptors (Lipinski definition) is 2. The van der Waals surface area contributed by atoms with Gasteiger partial charge in [-0.1, -0.05) is 195 Å². The third-order valence-corrected chi connectivity index (χ3v) is 20.1. The second-order valence-corrected chi connectivity index (χ2v) is 22.5. The molecule has 0 N–H and O–H groups in total. The molecule has 0 radical (unpaired) electrons. The van der Waals surface area contributed by atoms with E-state index in [1.165, 1.54) is 102 Å². The van der Waals surface area contributed by atoms with Crippen LogP contribution in [-0.2, 0) is 17.1 Å². The van der Waals surface area contributed by atoms with Crippen molar-refractivity contribution >= 4 is 37.1 Å². The molecule has 2 heterocycles. The van der Waals surface area contributed by atoms with E-state index in [4.69, 9.17) is 0 Å². The van der Waals surface area contributed by atoms with Crippen LogP contribution in [0.25, 0.3) is 0 Å². The zero-order chi connectivity index (χ0) is 40.4. The molecule has 63 heavy (non-hydrogen) atoms. The van der Waals surface area contributed by atoms with Crippen molar-refractivity contribution in [3.8, 4) is 0 Å². The fraction of sp³-hybridized carbons (Fsp3) is 0.345. The quantitative estimate of drug-likeness (QED) is 0.0686. The molecule has 2 aliphatic heterocycles. The standard InChI is InChI=1S/2C28H32NP.2CH3.Fe/c2*1-4-13-23(14-5-1)28(29-21-10-11-22-29)26-19-12-20-27(26)30(24-15-6-2-7-16-24)25-17-8-3-9-18-25;;;/h2*1-9,13-18,26-28H,10-12,19-22H2;2*1H3;/q;;2*-1;+2/t2*26?,27?,28-;;;/m11.../s1. The van der Waals surface area contributed by atoms with E-state index in [1.807, 2.05) is 0 Å². The summed E-state index contributed by atoms with van der Waals surface area (Å²) in [6, 6.07) is 69.4. The molecule has 4 unspecified atom stereocenters. The maximum absolute atomic E-state index is 2.81. The van der Waals surface area contributed by atoms with Gasteiger partial charge in [0.1, 0.15) is 0 Å². The zero-order valence-corrected chi connectivity index (χ0v) is 40.7. The molecule has 0 aromatic heterocycles. The van der Waals surface area contributed by atoms with Crippen LogP contribution in [0.5, 0.6) is 0 Å². The minimum Gasteiger partial charge on any atom is -0.358 e. The fourth-order valence-corrected chi connectivity index (χ4v) is 17.9. The molecule has 0 amide bonds. The Labute approximate surface area is 395 Å². The van der Waals surface area contributed by atoms with E-state index in [-0.39, 0.29) is 47.8 Å². The van der Waals surface area contributed by atoms with Gasteiger partial charge in [-0.25, -0.2) is 0 Å². The molecule has 4 fully saturated rings.